The molecule has 7 heteroatoms. The minimum absolute atomic E-state index is 0. The van der Waals surface area contributed by atoms with Crippen LogP contribution in [0.25, 0.3) is 0 Å². The van der Waals surface area contributed by atoms with Crippen LogP contribution in [0.3, 0.4) is 0 Å². The van der Waals surface area contributed by atoms with Gasteiger partial charge in [-0.1, -0.05) is 0 Å². The molecule has 0 aliphatic rings. The van der Waals surface area contributed by atoms with Gasteiger partial charge < -0.3 is 15.1 Å². The molecule has 0 spiro atoms. The predicted octanol–water partition coefficient (Wildman–Crippen LogP) is 3.20. The number of aliphatic imine (C=N–C) groups is 1. The summed E-state index contributed by atoms with van der Waals surface area (Å²) in [5.41, 5.74) is 0. The summed E-state index contributed by atoms with van der Waals surface area (Å²) in [7, 11) is 4.10. The Balaban J connectivity index is 0.00000484. The first-order valence-electron chi connectivity index (χ1n) is 7.66. The van der Waals surface area contributed by atoms with Gasteiger partial charge in [0.25, 0.3) is 0 Å². The Kier molecular flexibility index (Phi) is 11.0. The summed E-state index contributed by atoms with van der Waals surface area (Å²) in [4.78, 5) is 6.83. The lowest BCUT2D eigenvalue weighted by molar-refractivity contribution is 0.258. The maximum Gasteiger partial charge on any atom is 0.191 e. The van der Waals surface area contributed by atoms with Crippen LogP contribution in [0.4, 0.5) is 0 Å². The smallest absolute Gasteiger partial charge is 0.191 e. The fourth-order valence-corrected chi connectivity index (χ4v) is 2.08. The molecule has 23 heavy (non-hydrogen) atoms. The number of hydrogen-bond acceptors (Lipinski definition) is 4. The second-order valence-corrected chi connectivity index (χ2v) is 7.55. The van der Waals surface area contributed by atoms with E-state index in [4.69, 9.17) is 9.41 Å². The van der Waals surface area contributed by atoms with Crippen LogP contribution < -0.4 is 10.6 Å². The van der Waals surface area contributed by atoms with Crippen LogP contribution in [0.2, 0.25) is 0 Å². The van der Waals surface area contributed by atoms with Gasteiger partial charge in [-0.2, -0.15) is 11.8 Å². The highest BCUT2D eigenvalue weighted by Crippen LogP contribution is 2.21. The first kappa shape index (κ1) is 22.6. The summed E-state index contributed by atoms with van der Waals surface area (Å²) in [5, 5.41) is 6.71. The molecule has 0 aromatic carbocycles. The minimum atomic E-state index is 0. The molecule has 134 valence electrons. The topological polar surface area (TPSA) is 52.8 Å². The van der Waals surface area contributed by atoms with Gasteiger partial charge in [0.1, 0.15) is 5.76 Å². The Morgan fingerprint density at radius 3 is 2.57 bits per heavy atom. The molecule has 1 heterocycles. The molecular formula is C16H31IN4OS. The molecule has 0 aliphatic heterocycles. The SMILES string of the molecule is CCNC(=NCC(C)(C)SC)NCC(c1ccco1)N(C)C.I. The quantitative estimate of drug-likeness (QED) is 0.359. The number of rotatable bonds is 8. The first-order valence-corrected chi connectivity index (χ1v) is 8.89. The molecule has 1 atom stereocenters. The van der Waals surface area contributed by atoms with Crippen LogP contribution in [0.15, 0.2) is 27.8 Å². The molecule has 1 aromatic heterocycles. The number of guanidine groups is 1. The highest BCUT2D eigenvalue weighted by Gasteiger charge is 2.18. The highest BCUT2D eigenvalue weighted by molar-refractivity contribution is 14.0. The Hall–Kier alpha value is -0.410. The van der Waals surface area contributed by atoms with Crippen LogP contribution in [0.1, 0.15) is 32.6 Å². The molecular weight excluding hydrogens is 423 g/mol. The third-order valence-electron chi connectivity index (χ3n) is 3.47. The van der Waals surface area contributed by atoms with Crippen molar-refractivity contribution in [2.45, 2.75) is 31.6 Å². The second kappa shape index (κ2) is 11.2. The third-order valence-corrected chi connectivity index (χ3v) is 4.71. The van der Waals surface area contributed by atoms with Gasteiger partial charge in [-0.3, -0.25) is 9.89 Å². The molecule has 5 nitrogen and oxygen atoms in total. The standard InChI is InChI=1S/C16H30N4OS.HI/c1-7-17-15(19-12-16(2,3)22-6)18-11-13(20(4)5)14-9-8-10-21-14;/h8-10,13H,7,11-12H2,1-6H3,(H2,17,18,19);1H. The molecule has 0 bridgehead atoms. The molecule has 2 N–H and O–H groups in total. The monoisotopic (exact) mass is 454 g/mol. The summed E-state index contributed by atoms with van der Waals surface area (Å²) >= 11 is 1.83. The number of nitrogens with one attached hydrogen (secondary N) is 2. The molecule has 0 amide bonds. The summed E-state index contributed by atoms with van der Waals surface area (Å²) < 4.78 is 5.68. The van der Waals surface area contributed by atoms with E-state index in [0.29, 0.717) is 0 Å². The van der Waals surface area contributed by atoms with E-state index in [0.717, 1.165) is 31.4 Å². The van der Waals surface area contributed by atoms with Crippen LogP contribution in [0.5, 0.6) is 0 Å². The van der Waals surface area contributed by atoms with Gasteiger partial charge >= 0.3 is 0 Å². The Morgan fingerprint density at radius 1 is 1.39 bits per heavy atom. The maximum absolute atomic E-state index is 5.54. The van der Waals surface area contributed by atoms with Crippen LogP contribution >= 0.6 is 35.7 Å². The number of furan rings is 1. The predicted molar refractivity (Wildman–Crippen MR) is 112 cm³/mol. The van der Waals surface area contributed by atoms with E-state index in [1.807, 2.05) is 23.9 Å². The molecule has 0 saturated heterocycles. The van der Waals surface area contributed by atoms with E-state index in [1.54, 1.807) is 6.26 Å². The van der Waals surface area contributed by atoms with E-state index < -0.39 is 0 Å². The number of hydrogen-bond donors (Lipinski definition) is 2. The zero-order valence-electron chi connectivity index (χ0n) is 15.0. The zero-order valence-corrected chi connectivity index (χ0v) is 18.2. The summed E-state index contributed by atoms with van der Waals surface area (Å²) in [6.07, 6.45) is 3.83. The Bertz CT molecular complexity index is 449. The van der Waals surface area contributed by atoms with Crippen molar-refractivity contribution < 1.29 is 4.42 Å². The van der Waals surface area contributed by atoms with Crippen molar-refractivity contribution in [3.8, 4) is 0 Å². The first-order chi connectivity index (χ1) is 10.4. The highest BCUT2D eigenvalue weighted by atomic mass is 127. The van der Waals surface area contributed by atoms with Crippen molar-refractivity contribution in [1.82, 2.24) is 15.5 Å². The van der Waals surface area contributed by atoms with E-state index in [-0.39, 0.29) is 34.8 Å². The zero-order chi connectivity index (χ0) is 16.6. The van der Waals surface area contributed by atoms with Gasteiger partial charge in [-0.15, -0.1) is 24.0 Å². The minimum Gasteiger partial charge on any atom is -0.468 e. The van der Waals surface area contributed by atoms with E-state index >= 15 is 0 Å². The molecule has 0 radical (unpaired) electrons. The van der Waals surface area contributed by atoms with Crippen molar-refractivity contribution in [3.63, 3.8) is 0 Å². The molecule has 1 rings (SSSR count). The summed E-state index contributed by atoms with van der Waals surface area (Å²) in [6.45, 7) is 8.85. The summed E-state index contributed by atoms with van der Waals surface area (Å²) in [5.74, 6) is 1.81. The third kappa shape index (κ3) is 8.30. The Labute approximate surface area is 162 Å². The summed E-state index contributed by atoms with van der Waals surface area (Å²) in [6, 6.07) is 4.10. The van der Waals surface area contributed by atoms with Gasteiger partial charge in [0.15, 0.2) is 5.96 Å². The molecule has 1 unspecified atom stereocenters. The normalized spacial score (nSPS) is 13.6. The van der Waals surface area contributed by atoms with Gasteiger partial charge in [0.05, 0.1) is 18.8 Å². The number of likely N-dealkylation sites (N-methyl/N-ethyl adjacent to an activating group) is 1. The van der Waals surface area contributed by atoms with Crippen LogP contribution in [-0.4, -0.2) is 55.6 Å². The van der Waals surface area contributed by atoms with Crippen molar-refractivity contribution in [2.24, 2.45) is 4.99 Å². The average Bonchev–Trinajstić information content (AvgIpc) is 2.98. The van der Waals surface area contributed by atoms with Gasteiger partial charge in [0, 0.05) is 17.8 Å². The van der Waals surface area contributed by atoms with Crippen molar-refractivity contribution in [1.29, 1.82) is 0 Å². The number of halogens is 1. The van der Waals surface area contributed by atoms with Crippen LogP contribution in [-0.2, 0) is 0 Å². The molecule has 0 fully saturated rings. The van der Waals surface area contributed by atoms with Crippen molar-refractivity contribution in [2.75, 3.05) is 40.0 Å². The van der Waals surface area contributed by atoms with E-state index in [2.05, 4.69) is 56.7 Å². The number of nitrogens with zero attached hydrogens (tertiary/aromatic N) is 2. The van der Waals surface area contributed by atoms with Crippen LogP contribution in [0, 0.1) is 0 Å². The molecule has 0 aliphatic carbocycles. The fraction of sp³-hybridized carbons (Fsp3) is 0.688. The molecule has 1 aromatic rings. The average molecular weight is 454 g/mol. The van der Waals surface area contributed by atoms with Gasteiger partial charge in [0.2, 0.25) is 0 Å². The second-order valence-electron chi connectivity index (χ2n) is 6.03. The van der Waals surface area contributed by atoms with Crippen molar-refractivity contribution >= 4 is 41.7 Å². The lowest BCUT2D eigenvalue weighted by Crippen LogP contribution is -2.42. The maximum atomic E-state index is 5.54. The van der Waals surface area contributed by atoms with Crippen molar-refractivity contribution in [3.05, 3.63) is 24.2 Å². The Morgan fingerprint density at radius 2 is 2.09 bits per heavy atom. The molecule has 0 saturated carbocycles. The number of thioether (sulfide) groups is 1. The van der Waals surface area contributed by atoms with Gasteiger partial charge in [-0.05, 0) is 53.3 Å². The lowest BCUT2D eigenvalue weighted by Gasteiger charge is -2.24. The lowest BCUT2D eigenvalue weighted by atomic mass is 10.2. The fourth-order valence-electron chi connectivity index (χ4n) is 1.89. The van der Waals surface area contributed by atoms with E-state index in [1.165, 1.54) is 0 Å². The largest absolute Gasteiger partial charge is 0.468 e. The van der Waals surface area contributed by atoms with E-state index in [9.17, 15) is 0 Å². The van der Waals surface area contributed by atoms with Gasteiger partial charge in [-0.25, -0.2) is 0 Å².